The van der Waals surface area contributed by atoms with Crippen molar-refractivity contribution >= 4 is 41.0 Å². The van der Waals surface area contributed by atoms with Crippen molar-refractivity contribution in [3.05, 3.63) is 59.4 Å². The largest absolute Gasteiger partial charge is 0.366 e. The van der Waals surface area contributed by atoms with Crippen LogP contribution in [0.1, 0.15) is 73.7 Å². The van der Waals surface area contributed by atoms with Crippen molar-refractivity contribution < 1.29 is 23.1 Å². The van der Waals surface area contributed by atoms with Gasteiger partial charge >= 0.3 is 6.03 Å². The summed E-state index contributed by atoms with van der Waals surface area (Å²) in [5, 5.41) is 2.25. The number of para-hydroxylation sites is 2. The maximum atomic E-state index is 15.7. The van der Waals surface area contributed by atoms with E-state index in [4.69, 9.17) is 0 Å². The lowest BCUT2D eigenvalue weighted by molar-refractivity contribution is -0.137. The smallest absolute Gasteiger partial charge is 0.322 e. The van der Waals surface area contributed by atoms with Gasteiger partial charge in [-0.15, -0.1) is 11.8 Å². The fraction of sp³-hybridized carbons (Fsp3) is 0.595. The predicted octanol–water partition coefficient (Wildman–Crippen LogP) is 6.31. The van der Waals surface area contributed by atoms with Gasteiger partial charge in [-0.3, -0.25) is 14.5 Å². The van der Waals surface area contributed by atoms with E-state index < -0.39 is 5.25 Å². The first-order valence-corrected chi connectivity index (χ1v) is 18.7. The number of fused-ring (bicyclic) bond motifs is 1. The molecule has 0 bridgehead atoms. The molecule has 48 heavy (non-hydrogen) atoms. The number of carbonyl (C=O) groups is 3. The first-order valence-electron chi connectivity index (χ1n) is 17.7. The van der Waals surface area contributed by atoms with Crippen LogP contribution in [0.2, 0.25) is 0 Å². The monoisotopic (exact) mass is 682 g/mol. The fourth-order valence-electron chi connectivity index (χ4n) is 7.85. The van der Waals surface area contributed by atoms with Crippen LogP contribution in [0.15, 0.2) is 42.5 Å². The number of halogens is 1. The third-order valence-electron chi connectivity index (χ3n) is 10.9. The Bertz CT molecular complexity index is 1550. The predicted molar refractivity (Wildman–Crippen MR) is 195 cm³/mol. The van der Waals surface area contributed by atoms with Gasteiger partial charge in [0.15, 0.2) is 0 Å². The number of anilines is 2. The second-order valence-corrected chi connectivity index (χ2v) is 16.4. The standard InChI is InChI=1S/C37H49FN6O3S.3H2/c1-37(2,3)42-21-19-41(20-22-42)33-28(8-6-9-29(33)38)35-44(24-25-11-12-25)34(46)31(48-35)23-32(45)40-16-14-27(15-17-40)43-18-13-26-7-4-5-10-30(26)39-36(43)47;;;/h4-10,25,27,31,35H,11-24H2,1-3H3,(H,39,47);3*1H/t31-,35+;;;/m0.../s1. The molecule has 4 amide bonds. The Labute approximate surface area is 292 Å². The number of likely N-dealkylation sites (tertiary alicyclic amines) is 1. The Balaban J connectivity index is 0.00000194. The van der Waals surface area contributed by atoms with Crippen LogP contribution in [0.4, 0.5) is 20.6 Å². The van der Waals surface area contributed by atoms with Crippen molar-refractivity contribution in [1.82, 2.24) is 19.6 Å². The summed E-state index contributed by atoms with van der Waals surface area (Å²) < 4.78 is 15.7. The third-order valence-corrected chi connectivity index (χ3v) is 12.3. The Morgan fingerprint density at radius 2 is 1.67 bits per heavy atom. The van der Waals surface area contributed by atoms with E-state index in [1.54, 1.807) is 6.07 Å². The lowest BCUT2D eigenvalue weighted by Gasteiger charge is -2.43. The number of nitrogens with one attached hydrogen (secondary N) is 1. The average molecular weight is 683 g/mol. The number of thioether (sulfide) groups is 1. The molecule has 2 atom stereocenters. The average Bonchev–Trinajstić information content (AvgIpc) is 3.87. The van der Waals surface area contributed by atoms with Crippen LogP contribution in [0.3, 0.4) is 0 Å². The number of nitrogens with zero attached hydrogens (tertiary/aromatic N) is 5. The summed E-state index contributed by atoms with van der Waals surface area (Å²) in [7, 11) is 0. The van der Waals surface area contributed by atoms with Gasteiger partial charge in [0.1, 0.15) is 11.2 Å². The second kappa shape index (κ2) is 13.5. The van der Waals surface area contributed by atoms with E-state index in [0.29, 0.717) is 50.6 Å². The summed E-state index contributed by atoms with van der Waals surface area (Å²) in [6.07, 6.45) is 4.57. The summed E-state index contributed by atoms with van der Waals surface area (Å²) in [5.41, 5.74) is 3.52. The Morgan fingerprint density at radius 1 is 0.938 bits per heavy atom. The Morgan fingerprint density at radius 3 is 2.38 bits per heavy atom. The zero-order chi connectivity index (χ0) is 33.6. The summed E-state index contributed by atoms with van der Waals surface area (Å²) in [5.74, 6) is 0.202. The quantitative estimate of drug-likeness (QED) is 0.369. The van der Waals surface area contributed by atoms with Crippen LogP contribution in [-0.4, -0.2) is 107 Å². The van der Waals surface area contributed by atoms with Crippen molar-refractivity contribution in [2.24, 2.45) is 5.92 Å². The van der Waals surface area contributed by atoms with E-state index >= 15 is 4.39 Å². The third kappa shape index (κ3) is 6.90. The molecule has 2 aromatic rings. The highest BCUT2D eigenvalue weighted by Crippen LogP contribution is 2.49. The zero-order valence-electron chi connectivity index (χ0n) is 28.5. The molecule has 9 nitrogen and oxygen atoms in total. The van der Waals surface area contributed by atoms with Crippen LogP contribution in [-0.2, 0) is 16.0 Å². The lowest BCUT2D eigenvalue weighted by Crippen LogP contribution is -2.53. The molecule has 5 aliphatic rings. The first kappa shape index (κ1) is 33.2. The molecule has 4 fully saturated rings. The summed E-state index contributed by atoms with van der Waals surface area (Å²) >= 11 is 1.52. The van der Waals surface area contributed by atoms with Gasteiger partial charge in [-0.25, -0.2) is 9.18 Å². The van der Waals surface area contributed by atoms with Crippen molar-refractivity contribution in [2.75, 3.05) is 62.6 Å². The fourth-order valence-corrected chi connectivity index (χ4v) is 9.32. The van der Waals surface area contributed by atoms with Crippen molar-refractivity contribution in [3.8, 4) is 0 Å². The first-order chi connectivity index (χ1) is 23.1. The zero-order valence-corrected chi connectivity index (χ0v) is 29.3. The number of amides is 4. The van der Waals surface area contributed by atoms with Crippen LogP contribution in [0, 0.1) is 11.7 Å². The van der Waals surface area contributed by atoms with Gasteiger partial charge in [0.2, 0.25) is 11.8 Å². The molecule has 3 saturated heterocycles. The summed E-state index contributed by atoms with van der Waals surface area (Å²) in [6.45, 7) is 12.2. The molecule has 264 valence electrons. The van der Waals surface area contributed by atoms with E-state index in [2.05, 4.69) is 42.0 Å². The number of piperidine rings is 1. The van der Waals surface area contributed by atoms with Gasteiger partial charge in [0.05, 0.1) is 10.9 Å². The minimum absolute atomic E-state index is 0. The van der Waals surface area contributed by atoms with E-state index in [0.717, 1.165) is 62.3 Å². The van der Waals surface area contributed by atoms with Crippen molar-refractivity contribution in [2.45, 2.75) is 81.5 Å². The number of urea groups is 1. The molecule has 4 heterocycles. The van der Waals surface area contributed by atoms with Crippen molar-refractivity contribution in [3.63, 3.8) is 0 Å². The van der Waals surface area contributed by atoms with Crippen molar-refractivity contribution in [1.29, 1.82) is 0 Å². The topological polar surface area (TPSA) is 79.4 Å². The van der Waals surface area contributed by atoms with Gasteiger partial charge in [-0.05, 0) is 76.5 Å². The Hall–Kier alpha value is -3.31. The van der Waals surface area contributed by atoms with E-state index in [1.807, 2.05) is 39.0 Å². The highest BCUT2D eigenvalue weighted by Gasteiger charge is 2.46. The summed E-state index contributed by atoms with van der Waals surface area (Å²) in [6, 6.07) is 13.2. The molecule has 1 saturated carbocycles. The molecule has 2 aromatic carbocycles. The van der Waals surface area contributed by atoms with Crippen LogP contribution < -0.4 is 10.2 Å². The highest BCUT2D eigenvalue weighted by molar-refractivity contribution is 8.01. The van der Waals surface area contributed by atoms with Crippen LogP contribution in [0.25, 0.3) is 0 Å². The molecule has 1 N–H and O–H groups in total. The maximum absolute atomic E-state index is 15.7. The molecular formula is C37H55FN6O3S. The van der Waals surface area contributed by atoms with Gasteiger partial charge in [0.25, 0.3) is 0 Å². The van der Waals surface area contributed by atoms with E-state index in [9.17, 15) is 14.4 Å². The summed E-state index contributed by atoms with van der Waals surface area (Å²) in [4.78, 5) is 51.1. The number of piperazine rings is 1. The van der Waals surface area contributed by atoms with E-state index in [1.165, 1.54) is 17.8 Å². The molecule has 0 radical (unpaired) electrons. The van der Waals surface area contributed by atoms with Gasteiger partial charge in [0, 0.05) is 85.9 Å². The van der Waals surface area contributed by atoms with Crippen LogP contribution in [0.5, 0.6) is 0 Å². The molecule has 0 unspecified atom stereocenters. The maximum Gasteiger partial charge on any atom is 0.322 e. The molecule has 7 rings (SSSR count). The van der Waals surface area contributed by atoms with Gasteiger partial charge in [-0.2, -0.15) is 0 Å². The molecule has 11 heteroatoms. The number of rotatable bonds is 7. The number of carbonyl (C=O) groups excluding carboxylic acids is 3. The minimum Gasteiger partial charge on any atom is -0.366 e. The SMILES string of the molecule is CC(C)(C)N1CCN(c2c(F)cccc2[C@H]2S[C@@H](CC(=O)N3CCC(N4CCc5ccccc5NC4=O)CC3)C(=O)N2CC2CC2)CC1.[HH].[HH].[HH]. The molecule has 0 spiro atoms. The minimum atomic E-state index is -0.497. The lowest BCUT2D eigenvalue weighted by atomic mass is 10.0. The molecule has 0 aromatic heterocycles. The van der Waals surface area contributed by atoms with E-state index in [-0.39, 0.29) is 51.3 Å². The number of hydrogen-bond donors (Lipinski definition) is 1. The molecular weight excluding hydrogens is 628 g/mol. The van der Waals surface area contributed by atoms with Crippen LogP contribution >= 0.6 is 11.8 Å². The Kier molecular flexibility index (Phi) is 9.36. The number of hydrogen-bond acceptors (Lipinski definition) is 6. The highest BCUT2D eigenvalue weighted by atomic mass is 32.2. The molecule has 4 aliphatic heterocycles. The van der Waals surface area contributed by atoms with Gasteiger partial charge in [-0.1, -0.05) is 30.3 Å². The number of benzene rings is 2. The molecule has 1 aliphatic carbocycles. The normalized spacial score (nSPS) is 24.5. The van der Waals surface area contributed by atoms with Gasteiger partial charge < -0.3 is 24.9 Å². The second-order valence-electron chi connectivity index (χ2n) is 15.1.